The molecule has 1 aliphatic heterocycles. The highest BCUT2D eigenvalue weighted by molar-refractivity contribution is 7.10. The summed E-state index contributed by atoms with van der Waals surface area (Å²) >= 11 is 1.61. The molecule has 0 spiro atoms. The Hall–Kier alpha value is -3.11. The molecule has 2 heterocycles. The Morgan fingerprint density at radius 1 is 0.880 bits per heavy atom. The van der Waals surface area contributed by atoms with Crippen LogP contribution < -0.4 is 10.1 Å². The van der Waals surface area contributed by atoms with Crippen molar-refractivity contribution in [3.63, 3.8) is 0 Å². The summed E-state index contributed by atoms with van der Waals surface area (Å²) in [5.74, 6) is 1.48. The summed E-state index contributed by atoms with van der Waals surface area (Å²) in [7, 11) is 0. The van der Waals surface area contributed by atoms with Crippen molar-refractivity contribution in [1.29, 1.82) is 0 Å². The summed E-state index contributed by atoms with van der Waals surface area (Å²) in [5.41, 5.74) is 2.42. The van der Waals surface area contributed by atoms with Gasteiger partial charge in [-0.05, 0) is 65.6 Å². The maximum atomic E-state index is 12.1. The van der Waals surface area contributed by atoms with Crippen molar-refractivity contribution in [2.45, 2.75) is 0 Å². The lowest BCUT2D eigenvalue weighted by atomic mass is 10.1. The van der Waals surface area contributed by atoms with Gasteiger partial charge < -0.3 is 10.1 Å². The number of ether oxygens (including phenoxy) is 1. The third-order valence-corrected chi connectivity index (χ3v) is 4.61. The van der Waals surface area contributed by atoms with Crippen LogP contribution >= 0.6 is 11.3 Å². The van der Waals surface area contributed by atoms with Crippen LogP contribution in [0.2, 0.25) is 0 Å². The molecule has 4 heteroatoms. The molecule has 1 aliphatic rings. The van der Waals surface area contributed by atoms with Gasteiger partial charge in [-0.3, -0.25) is 4.79 Å². The number of rotatable bonds is 4. The Morgan fingerprint density at radius 2 is 1.64 bits per heavy atom. The quantitative estimate of drug-likeness (QED) is 0.669. The first-order chi connectivity index (χ1) is 12.3. The van der Waals surface area contributed by atoms with E-state index in [0.717, 1.165) is 27.6 Å². The van der Waals surface area contributed by atoms with E-state index in [2.05, 4.69) is 5.32 Å². The SMILES string of the molecule is O=C1NC(c2ccc(Oc3ccccc3)cc2)=C/C1=C\c1cccs1. The number of hydrogen-bond acceptors (Lipinski definition) is 3. The van der Waals surface area contributed by atoms with Crippen LogP contribution in [0.4, 0.5) is 0 Å². The smallest absolute Gasteiger partial charge is 0.255 e. The summed E-state index contributed by atoms with van der Waals surface area (Å²) in [4.78, 5) is 13.2. The molecular weight excluding hydrogens is 330 g/mol. The number of benzene rings is 2. The van der Waals surface area contributed by atoms with Gasteiger partial charge in [0.2, 0.25) is 0 Å². The minimum Gasteiger partial charge on any atom is -0.457 e. The molecule has 0 saturated carbocycles. The monoisotopic (exact) mass is 345 g/mol. The summed E-state index contributed by atoms with van der Waals surface area (Å²) < 4.78 is 5.79. The Bertz CT molecular complexity index is 939. The minimum absolute atomic E-state index is 0.0759. The molecule has 3 aromatic rings. The predicted molar refractivity (Wildman–Crippen MR) is 101 cm³/mol. The Balaban J connectivity index is 1.53. The van der Waals surface area contributed by atoms with E-state index in [1.54, 1.807) is 11.3 Å². The van der Waals surface area contributed by atoms with Crippen LogP contribution in [0.5, 0.6) is 11.5 Å². The number of amides is 1. The number of carbonyl (C=O) groups is 1. The van der Waals surface area contributed by atoms with Gasteiger partial charge >= 0.3 is 0 Å². The van der Waals surface area contributed by atoms with Crippen LogP contribution in [0.15, 0.2) is 83.8 Å². The zero-order chi connectivity index (χ0) is 17.1. The minimum atomic E-state index is -0.0759. The second-order valence-corrected chi connectivity index (χ2v) is 6.55. The predicted octanol–water partition coefficient (Wildman–Crippen LogP) is 5.09. The molecule has 122 valence electrons. The molecule has 0 unspecified atom stereocenters. The second kappa shape index (κ2) is 6.79. The molecular formula is C21H15NO2S. The Morgan fingerprint density at radius 3 is 2.36 bits per heavy atom. The molecule has 1 amide bonds. The van der Waals surface area contributed by atoms with Gasteiger partial charge in [0, 0.05) is 16.1 Å². The molecule has 0 fully saturated rings. The molecule has 0 saturated heterocycles. The second-order valence-electron chi connectivity index (χ2n) is 5.57. The lowest BCUT2D eigenvalue weighted by Gasteiger charge is -2.07. The molecule has 1 aromatic heterocycles. The fraction of sp³-hybridized carbons (Fsp3) is 0. The number of hydrogen-bond donors (Lipinski definition) is 1. The first-order valence-corrected chi connectivity index (χ1v) is 8.77. The Kier molecular flexibility index (Phi) is 4.19. The van der Waals surface area contributed by atoms with Crippen LogP contribution in [0, 0.1) is 0 Å². The molecule has 25 heavy (non-hydrogen) atoms. The van der Waals surface area contributed by atoms with Crippen LogP contribution in [0.3, 0.4) is 0 Å². The Labute approximate surface area is 149 Å². The highest BCUT2D eigenvalue weighted by atomic mass is 32.1. The van der Waals surface area contributed by atoms with Crippen molar-refractivity contribution in [3.8, 4) is 11.5 Å². The fourth-order valence-electron chi connectivity index (χ4n) is 2.57. The lowest BCUT2D eigenvalue weighted by Crippen LogP contribution is -2.15. The van der Waals surface area contributed by atoms with E-state index in [4.69, 9.17) is 4.74 Å². The molecule has 1 N–H and O–H groups in total. The largest absolute Gasteiger partial charge is 0.457 e. The standard InChI is InChI=1S/C21H15NO2S/c23-21-16(13-19-7-4-12-25-19)14-20(22-21)15-8-10-18(11-9-15)24-17-5-2-1-3-6-17/h1-14H,(H,22,23)/b16-13+. The molecule has 0 atom stereocenters. The fourth-order valence-corrected chi connectivity index (χ4v) is 3.23. The van der Waals surface area contributed by atoms with Crippen molar-refractivity contribution in [2.75, 3.05) is 0 Å². The van der Waals surface area contributed by atoms with Gasteiger partial charge in [0.1, 0.15) is 11.5 Å². The number of thiophene rings is 1. The highest BCUT2D eigenvalue weighted by Gasteiger charge is 2.19. The van der Waals surface area contributed by atoms with E-state index in [-0.39, 0.29) is 5.91 Å². The third kappa shape index (κ3) is 3.54. The van der Waals surface area contributed by atoms with Gasteiger partial charge in [0.25, 0.3) is 5.91 Å². The van der Waals surface area contributed by atoms with Gasteiger partial charge in [0.15, 0.2) is 0 Å². The van der Waals surface area contributed by atoms with Crippen molar-refractivity contribution in [2.24, 2.45) is 0 Å². The van der Waals surface area contributed by atoms with E-state index in [1.807, 2.05) is 84.3 Å². The summed E-state index contributed by atoms with van der Waals surface area (Å²) in [6.45, 7) is 0. The molecule has 0 aliphatic carbocycles. The van der Waals surface area contributed by atoms with Gasteiger partial charge in [0.05, 0.1) is 0 Å². The average Bonchev–Trinajstić information content (AvgIpc) is 3.27. The zero-order valence-corrected chi connectivity index (χ0v) is 14.1. The van der Waals surface area contributed by atoms with E-state index >= 15 is 0 Å². The molecule has 3 nitrogen and oxygen atoms in total. The molecule has 4 rings (SSSR count). The highest BCUT2D eigenvalue weighted by Crippen LogP contribution is 2.26. The van der Waals surface area contributed by atoms with Crippen LogP contribution in [0.1, 0.15) is 10.4 Å². The molecule has 0 radical (unpaired) electrons. The third-order valence-electron chi connectivity index (χ3n) is 3.80. The van der Waals surface area contributed by atoms with Crippen molar-refractivity contribution in [3.05, 3.63) is 94.2 Å². The molecule has 0 bridgehead atoms. The van der Waals surface area contributed by atoms with Crippen LogP contribution in [-0.2, 0) is 4.79 Å². The summed E-state index contributed by atoms with van der Waals surface area (Å²) in [5, 5.41) is 4.91. The number of carbonyl (C=O) groups excluding carboxylic acids is 1. The number of nitrogens with one attached hydrogen (secondary N) is 1. The van der Waals surface area contributed by atoms with E-state index in [1.165, 1.54) is 0 Å². The summed E-state index contributed by atoms with van der Waals surface area (Å²) in [6, 6.07) is 21.3. The lowest BCUT2D eigenvalue weighted by molar-refractivity contribution is -0.115. The topological polar surface area (TPSA) is 38.3 Å². The zero-order valence-electron chi connectivity index (χ0n) is 13.3. The summed E-state index contributed by atoms with van der Waals surface area (Å²) in [6.07, 6.45) is 3.79. The van der Waals surface area contributed by atoms with E-state index in [0.29, 0.717) is 5.57 Å². The molecule has 2 aromatic carbocycles. The maximum absolute atomic E-state index is 12.1. The van der Waals surface area contributed by atoms with Gasteiger partial charge in [-0.25, -0.2) is 0 Å². The van der Waals surface area contributed by atoms with Crippen LogP contribution in [-0.4, -0.2) is 5.91 Å². The van der Waals surface area contributed by atoms with E-state index in [9.17, 15) is 4.79 Å². The first kappa shape index (κ1) is 15.4. The van der Waals surface area contributed by atoms with Gasteiger partial charge in [-0.1, -0.05) is 24.3 Å². The normalized spacial score (nSPS) is 15.1. The van der Waals surface area contributed by atoms with Crippen LogP contribution in [0.25, 0.3) is 11.8 Å². The maximum Gasteiger partial charge on any atom is 0.255 e. The van der Waals surface area contributed by atoms with Gasteiger partial charge in [-0.15, -0.1) is 11.3 Å². The van der Waals surface area contributed by atoms with Crippen molar-refractivity contribution < 1.29 is 9.53 Å². The van der Waals surface area contributed by atoms with E-state index < -0.39 is 0 Å². The average molecular weight is 345 g/mol. The van der Waals surface area contributed by atoms with Gasteiger partial charge in [-0.2, -0.15) is 0 Å². The van der Waals surface area contributed by atoms with Crippen molar-refractivity contribution >= 4 is 29.0 Å². The number of para-hydroxylation sites is 1. The van der Waals surface area contributed by atoms with Crippen molar-refractivity contribution in [1.82, 2.24) is 5.32 Å². The first-order valence-electron chi connectivity index (χ1n) is 7.89.